The summed E-state index contributed by atoms with van der Waals surface area (Å²) in [4.78, 5) is 7.34. The van der Waals surface area contributed by atoms with E-state index in [4.69, 9.17) is 10.5 Å². The van der Waals surface area contributed by atoms with Crippen molar-refractivity contribution in [1.82, 2.24) is 9.88 Å². The van der Waals surface area contributed by atoms with Gasteiger partial charge in [-0.15, -0.1) is 24.8 Å². The fraction of sp³-hybridized carbons (Fsp3) is 0.333. The van der Waals surface area contributed by atoms with Crippen LogP contribution < -0.4 is 10.5 Å². The van der Waals surface area contributed by atoms with Gasteiger partial charge in [0, 0.05) is 19.6 Å². The summed E-state index contributed by atoms with van der Waals surface area (Å²) in [5.74, 6) is 0.892. The molecule has 1 aromatic carbocycles. The molecule has 0 aliphatic carbocycles. The summed E-state index contributed by atoms with van der Waals surface area (Å²) in [6.07, 6.45) is 4.11. The first-order valence-corrected chi connectivity index (χ1v) is 8.72. The van der Waals surface area contributed by atoms with Gasteiger partial charge in [0.2, 0.25) is 0 Å². The summed E-state index contributed by atoms with van der Waals surface area (Å²) in [6, 6.07) is 10.4. The SMILES string of the molecule is COc1cccc(CCN2CCC=C(c3nc(N)sc3C#N)C2)c1.Cl.Cl. The molecule has 0 atom stereocenters. The Hall–Kier alpha value is -1.78. The van der Waals surface area contributed by atoms with E-state index in [0.717, 1.165) is 49.5 Å². The second kappa shape index (κ2) is 10.4. The van der Waals surface area contributed by atoms with Gasteiger partial charge in [0.05, 0.1) is 12.8 Å². The van der Waals surface area contributed by atoms with E-state index >= 15 is 0 Å². The van der Waals surface area contributed by atoms with Crippen molar-refractivity contribution in [3.63, 3.8) is 0 Å². The number of anilines is 1. The van der Waals surface area contributed by atoms with E-state index in [1.165, 1.54) is 16.9 Å². The van der Waals surface area contributed by atoms with Crippen LogP contribution >= 0.6 is 36.2 Å². The minimum absolute atomic E-state index is 0. The van der Waals surface area contributed by atoms with Gasteiger partial charge in [-0.25, -0.2) is 4.98 Å². The van der Waals surface area contributed by atoms with Gasteiger partial charge in [0.25, 0.3) is 0 Å². The molecule has 0 saturated heterocycles. The summed E-state index contributed by atoms with van der Waals surface area (Å²) in [6.45, 7) is 2.79. The highest BCUT2D eigenvalue weighted by Gasteiger charge is 2.19. The van der Waals surface area contributed by atoms with Crippen LogP contribution in [0.2, 0.25) is 0 Å². The average molecular weight is 413 g/mol. The lowest BCUT2D eigenvalue weighted by atomic mass is 10.0. The van der Waals surface area contributed by atoms with Crippen LogP contribution in [0, 0.1) is 11.3 Å². The fourth-order valence-corrected chi connectivity index (χ4v) is 3.58. The second-order valence-corrected chi connectivity index (χ2v) is 6.77. The Balaban J connectivity index is 0.00000169. The molecule has 0 bridgehead atoms. The zero-order valence-corrected chi connectivity index (χ0v) is 16.9. The van der Waals surface area contributed by atoms with E-state index in [1.54, 1.807) is 7.11 Å². The fourth-order valence-electron chi connectivity index (χ4n) is 2.91. The molecule has 3 rings (SSSR count). The summed E-state index contributed by atoms with van der Waals surface area (Å²) in [5, 5.41) is 9.70. The first kappa shape index (κ1) is 22.3. The molecule has 0 radical (unpaired) electrons. The van der Waals surface area contributed by atoms with Gasteiger partial charge >= 0.3 is 0 Å². The van der Waals surface area contributed by atoms with Crippen molar-refractivity contribution < 1.29 is 4.74 Å². The third kappa shape index (κ3) is 5.36. The van der Waals surface area contributed by atoms with E-state index in [0.29, 0.717) is 10.0 Å². The van der Waals surface area contributed by atoms with Gasteiger partial charge in [-0.3, -0.25) is 4.90 Å². The van der Waals surface area contributed by atoms with Crippen LogP contribution in [-0.4, -0.2) is 36.6 Å². The molecule has 0 unspecified atom stereocenters. The van der Waals surface area contributed by atoms with E-state index < -0.39 is 0 Å². The molecule has 2 heterocycles. The number of benzene rings is 1. The maximum Gasteiger partial charge on any atom is 0.181 e. The van der Waals surface area contributed by atoms with Crippen molar-refractivity contribution in [3.8, 4) is 11.8 Å². The minimum Gasteiger partial charge on any atom is -0.497 e. The molecule has 5 nitrogen and oxygen atoms in total. The van der Waals surface area contributed by atoms with E-state index in [-0.39, 0.29) is 24.8 Å². The van der Waals surface area contributed by atoms with Gasteiger partial charge in [-0.1, -0.05) is 29.5 Å². The number of ether oxygens (including phenoxy) is 1. The third-order valence-electron chi connectivity index (χ3n) is 4.13. The van der Waals surface area contributed by atoms with E-state index in [1.807, 2.05) is 12.1 Å². The van der Waals surface area contributed by atoms with Gasteiger partial charge < -0.3 is 10.5 Å². The Morgan fingerprint density at radius 3 is 2.92 bits per heavy atom. The first-order valence-electron chi connectivity index (χ1n) is 7.90. The first-order chi connectivity index (χ1) is 11.7. The van der Waals surface area contributed by atoms with Crippen LogP contribution in [0.3, 0.4) is 0 Å². The molecule has 0 amide bonds. The summed E-state index contributed by atoms with van der Waals surface area (Å²) >= 11 is 1.26. The lowest BCUT2D eigenvalue weighted by Crippen LogP contribution is -2.31. The molecule has 2 aromatic rings. The molecule has 1 aliphatic heterocycles. The molecule has 0 saturated carbocycles. The van der Waals surface area contributed by atoms with Gasteiger partial charge in [0.15, 0.2) is 5.13 Å². The van der Waals surface area contributed by atoms with Crippen LogP contribution in [0.5, 0.6) is 5.75 Å². The minimum atomic E-state index is 0. The monoisotopic (exact) mass is 412 g/mol. The molecular formula is C18H22Cl2N4OS. The van der Waals surface area contributed by atoms with Crippen LogP contribution in [0.1, 0.15) is 22.6 Å². The average Bonchev–Trinajstić information content (AvgIpc) is 3.01. The summed E-state index contributed by atoms with van der Waals surface area (Å²) in [5.41, 5.74) is 8.89. The topological polar surface area (TPSA) is 75.2 Å². The van der Waals surface area contributed by atoms with Gasteiger partial charge in [-0.2, -0.15) is 5.26 Å². The van der Waals surface area contributed by atoms with Gasteiger partial charge in [-0.05, 0) is 36.1 Å². The highest BCUT2D eigenvalue weighted by atomic mass is 35.5. The third-order valence-corrected chi connectivity index (χ3v) is 4.92. The quantitative estimate of drug-likeness (QED) is 0.808. The Bertz CT molecular complexity index is 801. The Morgan fingerprint density at radius 1 is 1.38 bits per heavy atom. The largest absolute Gasteiger partial charge is 0.497 e. The van der Waals surface area contributed by atoms with Crippen molar-refractivity contribution in [1.29, 1.82) is 5.26 Å². The Morgan fingerprint density at radius 2 is 2.19 bits per heavy atom. The van der Waals surface area contributed by atoms with Crippen LogP contribution in [-0.2, 0) is 6.42 Å². The number of nitrogens with zero attached hydrogens (tertiary/aromatic N) is 3. The molecule has 140 valence electrons. The van der Waals surface area contributed by atoms with Crippen LogP contribution in [0.4, 0.5) is 5.13 Å². The van der Waals surface area contributed by atoms with Gasteiger partial charge in [0.1, 0.15) is 16.7 Å². The number of nitrogens with two attached hydrogens (primary N) is 1. The molecule has 8 heteroatoms. The maximum atomic E-state index is 9.24. The predicted octanol–water partition coefficient (Wildman–Crippen LogP) is 3.78. The predicted molar refractivity (Wildman–Crippen MR) is 111 cm³/mol. The number of aromatic nitrogens is 1. The number of nitriles is 1. The molecule has 0 spiro atoms. The van der Waals surface area contributed by atoms with Crippen molar-refractivity contribution in [2.75, 3.05) is 32.5 Å². The molecular weight excluding hydrogens is 391 g/mol. The highest BCUT2D eigenvalue weighted by Crippen LogP contribution is 2.28. The molecule has 1 aliphatic rings. The normalized spacial score (nSPS) is 13.8. The number of thiazole rings is 1. The van der Waals surface area contributed by atoms with Crippen molar-refractivity contribution in [3.05, 3.63) is 46.5 Å². The van der Waals surface area contributed by atoms with Crippen molar-refractivity contribution in [2.24, 2.45) is 0 Å². The number of halogens is 2. The number of hydrogen-bond donors (Lipinski definition) is 1. The lowest BCUT2D eigenvalue weighted by Gasteiger charge is -2.26. The Kier molecular flexibility index (Phi) is 8.89. The number of rotatable bonds is 5. The molecule has 0 fully saturated rings. The van der Waals surface area contributed by atoms with E-state index in [2.05, 4.69) is 34.2 Å². The second-order valence-electron chi connectivity index (χ2n) is 5.74. The van der Waals surface area contributed by atoms with E-state index in [9.17, 15) is 5.26 Å². The standard InChI is InChI=1S/C18H20N4OS.2ClH/c1-23-15-6-2-4-13(10-15)7-9-22-8-3-5-14(12-22)17-16(11-19)24-18(20)21-17;;/h2,4-6,10H,3,7-9,12H2,1H3,(H2,20,21);2*1H. The van der Waals surface area contributed by atoms with Crippen molar-refractivity contribution >= 4 is 46.9 Å². The van der Waals surface area contributed by atoms with Crippen LogP contribution in [0.15, 0.2) is 30.3 Å². The smallest absolute Gasteiger partial charge is 0.181 e. The summed E-state index contributed by atoms with van der Waals surface area (Å²) < 4.78 is 5.28. The summed E-state index contributed by atoms with van der Waals surface area (Å²) in [7, 11) is 1.69. The van der Waals surface area contributed by atoms with Crippen LogP contribution in [0.25, 0.3) is 5.57 Å². The Labute approximate surface area is 170 Å². The van der Waals surface area contributed by atoms with Crippen molar-refractivity contribution in [2.45, 2.75) is 12.8 Å². The number of hydrogen-bond acceptors (Lipinski definition) is 6. The molecule has 26 heavy (non-hydrogen) atoms. The molecule has 2 N–H and O–H groups in total. The molecule has 1 aromatic heterocycles. The lowest BCUT2D eigenvalue weighted by molar-refractivity contribution is 0.308. The number of methoxy groups -OCH3 is 1. The maximum absolute atomic E-state index is 9.24. The zero-order valence-electron chi connectivity index (χ0n) is 14.5. The zero-order chi connectivity index (χ0) is 16.9. The highest BCUT2D eigenvalue weighted by molar-refractivity contribution is 7.16. The number of nitrogen functional groups attached to an aromatic ring is 1.